The molecule has 2 N–H and O–H groups in total. The Balaban J connectivity index is 2.02. The third-order valence-corrected chi connectivity index (χ3v) is 2.99. The van der Waals surface area contributed by atoms with Gasteiger partial charge >= 0.3 is 0 Å². The lowest BCUT2D eigenvalue weighted by Gasteiger charge is -1.95. The van der Waals surface area contributed by atoms with Gasteiger partial charge in [0.05, 0.1) is 0 Å². The number of nitrogens with one attached hydrogen (secondary N) is 2. The SMILES string of the molecule is CCCc1nnc(NC(=O)c2cc(C)[nH]n2)s1. The van der Waals surface area contributed by atoms with Crippen LogP contribution in [0.15, 0.2) is 6.07 Å². The minimum Gasteiger partial charge on any atom is -0.295 e. The van der Waals surface area contributed by atoms with Crippen molar-refractivity contribution in [3.63, 3.8) is 0 Å². The van der Waals surface area contributed by atoms with Gasteiger partial charge in [-0.25, -0.2) is 0 Å². The largest absolute Gasteiger partial charge is 0.295 e. The Kier molecular flexibility index (Phi) is 3.48. The van der Waals surface area contributed by atoms with Crippen LogP contribution in [0.3, 0.4) is 0 Å². The van der Waals surface area contributed by atoms with Gasteiger partial charge in [-0.1, -0.05) is 18.3 Å². The lowest BCUT2D eigenvalue weighted by atomic mass is 10.3. The second kappa shape index (κ2) is 5.05. The molecule has 1 amide bonds. The number of aryl methyl sites for hydroxylation is 2. The van der Waals surface area contributed by atoms with E-state index in [1.165, 1.54) is 11.3 Å². The first-order chi connectivity index (χ1) is 8.19. The predicted octanol–water partition coefficient (Wildman–Crippen LogP) is 1.77. The zero-order chi connectivity index (χ0) is 12.3. The highest BCUT2D eigenvalue weighted by Crippen LogP contribution is 2.17. The van der Waals surface area contributed by atoms with E-state index in [0.29, 0.717) is 10.8 Å². The Morgan fingerprint density at radius 2 is 2.35 bits per heavy atom. The van der Waals surface area contributed by atoms with E-state index < -0.39 is 0 Å². The summed E-state index contributed by atoms with van der Waals surface area (Å²) in [5.74, 6) is -0.270. The Morgan fingerprint density at radius 3 is 3.00 bits per heavy atom. The van der Waals surface area contributed by atoms with Crippen molar-refractivity contribution in [3.8, 4) is 0 Å². The van der Waals surface area contributed by atoms with Crippen molar-refractivity contribution in [1.29, 1.82) is 0 Å². The van der Waals surface area contributed by atoms with Crippen molar-refractivity contribution >= 4 is 22.4 Å². The van der Waals surface area contributed by atoms with Gasteiger partial charge < -0.3 is 0 Å². The maximum atomic E-state index is 11.7. The van der Waals surface area contributed by atoms with Crippen LogP contribution in [0.5, 0.6) is 0 Å². The van der Waals surface area contributed by atoms with Gasteiger partial charge in [-0.3, -0.25) is 15.2 Å². The van der Waals surface area contributed by atoms with E-state index in [2.05, 4.69) is 32.6 Å². The number of anilines is 1. The van der Waals surface area contributed by atoms with Gasteiger partial charge in [0.1, 0.15) is 5.01 Å². The number of rotatable bonds is 4. The normalized spacial score (nSPS) is 10.5. The highest BCUT2D eigenvalue weighted by molar-refractivity contribution is 7.15. The minimum absolute atomic E-state index is 0.270. The van der Waals surface area contributed by atoms with Crippen LogP contribution in [0.2, 0.25) is 0 Å². The first-order valence-corrected chi connectivity index (χ1v) is 6.16. The molecular weight excluding hydrogens is 238 g/mol. The number of carbonyl (C=O) groups is 1. The molecule has 2 aromatic heterocycles. The number of carbonyl (C=O) groups excluding carboxylic acids is 1. The molecule has 0 saturated heterocycles. The van der Waals surface area contributed by atoms with Crippen LogP contribution in [-0.4, -0.2) is 26.3 Å². The Morgan fingerprint density at radius 1 is 1.53 bits per heavy atom. The molecule has 0 radical (unpaired) electrons. The van der Waals surface area contributed by atoms with E-state index in [1.807, 2.05) is 6.92 Å². The zero-order valence-corrected chi connectivity index (χ0v) is 10.5. The number of aromatic amines is 1. The van der Waals surface area contributed by atoms with Crippen molar-refractivity contribution in [3.05, 3.63) is 22.5 Å². The van der Waals surface area contributed by atoms with E-state index in [4.69, 9.17) is 0 Å². The summed E-state index contributed by atoms with van der Waals surface area (Å²) in [6, 6.07) is 1.68. The highest BCUT2D eigenvalue weighted by atomic mass is 32.1. The third-order valence-electron chi connectivity index (χ3n) is 2.09. The van der Waals surface area contributed by atoms with E-state index in [0.717, 1.165) is 23.5 Å². The van der Waals surface area contributed by atoms with Crippen LogP contribution in [0.1, 0.15) is 34.5 Å². The first-order valence-electron chi connectivity index (χ1n) is 5.34. The van der Waals surface area contributed by atoms with Gasteiger partial charge in [-0.2, -0.15) is 5.10 Å². The van der Waals surface area contributed by atoms with Crippen LogP contribution in [0.25, 0.3) is 0 Å². The topological polar surface area (TPSA) is 83.6 Å². The van der Waals surface area contributed by atoms with Gasteiger partial charge in [-0.05, 0) is 19.4 Å². The number of amides is 1. The van der Waals surface area contributed by atoms with Gasteiger partial charge in [0.15, 0.2) is 5.69 Å². The van der Waals surface area contributed by atoms with Gasteiger partial charge in [-0.15, -0.1) is 10.2 Å². The summed E-state index contributed by atoms with van der Waals surface area (Å²) < 4.78 is 0. The van der Waals surface area contributed by atoms with Crippen LogP contribution in [-0.2, 0) is 6.42 Å². The van der Waals surface area contributed by atoms with Gasteiger partial charge in [0, 0.05) is 12.1 Å². The van der Waals surface area contributed by atoms with Crippen molar-refractivity contribution < 1.29 is 4.79 Å². The summed E-state index contributed by atoms with van der Waals surface area (Å²) in [6.07, 6.45) is 1.90. The van der Waals surface area contributed by atoms with Crippen molar-refractivity contribution in [1.82, 2.24) is 20.4 Å². The molecule has 0 aromatic carbocycles. The zero-order valence-electron chi connectivity index (χ0n) is 9.65. The van der Waals surface area contributed by atoms with E-state index in [-0.39, 0.29) is 5.91 Å². The minimum atomic E-state index is -0.270. The standard InChI is InChI=1S/C10H13N5OS/c1-3-4-8-14-15-10(17-8)11-9(16)7-5-6(2)12-13-7/h5H,3-4H2,1-2H3,(H,12,13)(H,11,15,16). The molecule has 6 nitrogen and oxygen atoms in total. The monoisotopic (exact) mass is 251 g/mol. The lowest BCUT2D eigenvalue weighted by Crippen LogP contribution is -2.12. The molecule has 17 heavy (non-hydrogen) atoms. The average molecular weight is 251 g/mol. The molecule has 2 rings (SSSR count). The lowest BCUT2D eigenvalue weighted by molar-refractivity contribution is 0.102. The molecule has 0 unspecified atom stereocenters. The maximum Gasteiger partial charge on any atom is 0.277 e. The number of nitrogens with zero attached hydrogens (tertiary/aromatic N) is 3. The van der Waals surface area contributed by atoms with Crippen LogP contribution >= 0.6 is 11.3 Å². The molecule has 2 heterocycles. The Bertz CT molecular complexity index is 518. The summed E-state index contributed by atoms with van der Waals surface area (Å²) in [4.78, 5) is 11.7. The third kappa shape index (κ3) is 2.88. The molecule has 0 fully saturated rings. The highest BCUT2D eigenvalue weighted by Gasteiger charge is 2.12. The van der Waals surface area contributed by atoms with Gasteiger partial charge in [0.2, 0.25) is 5.13 Å². The molecule has 7 heteroatoms. The molecule has 0 bridgehead atoms. The maximum absolute atomic E-state index is 11.7. The molecular formula is C10H13N5OS. The smallest absolute Gasteiger partial charge is 0.277 e. The molecule has 0 aliphatic carbocycles. The fourth-order valence-corrected chi connectivity index (χ4v) is 2.15. The van der Waals surface area contributed by atoms with Crippen molar-refractivity contribution in [2.45, 2.75) is 26.7 Å². The number of hydrogen-bond acceptors (Lipinski definition) is 5. The fraction of sp³-hybridized carbons (Fsp3) is 0.400. The summed E-state index contributed by atoms with van der Waals surface area (Å²) >= 11 is 1.40. The summed E-state index contributed by atoms with van der Waals surface area (Å²) in [6.45, 7) is 3.92. The Hall–Kier alpha value is -1.76. The van der Waals surface area contributed by atoms with Crippen molar-refractivity contribution in [2.24, 2.45) is 0 Å². The molecule has 2 aromatic rings. The molecule has 0 saturated carbocycles. The predicted molar refractivity (Wildman–Crippen MR) is 65.2 cm³/mol. The number of hydrogen-bond donors (Lipinski definition) is 2. The summed E-state index contributed by atoms with van der Waals surface area (Å²) in [5.41, 5.74) is 1.20. The molecule has 0 aliphatic heterocycles. The first kappa shape index (κ1) is 11.7. The van der Waals surface area contributed by atoms with E-state index in [9.17, 15) is 4.79 Å². The second-order valence-corrected chi connectivity index (χ2v) is 4.70. The number of aromatic nitrogens is 4. The second-order valence-electron chi connectivity index (χ2n) is 3.64. The molecule has 0 spiro atoms. The molecule has 90 valence electrons. The summed E-state index contributed by atoms with van der Waals surface area (Å²) in [5, 5.41) is 18.6. The van der Waals surface area contributed by atoms with Crippen LogP contribution in [0.4, 0.5) is 5.13 Å². The molecule has 0 aliphatic rings. The molecule has 0 atom stereocenters. The van der Waals surface area contributed by atoms with E-state index >= 15 is 0 Å². The van der Waals surface area contributed by atoms with Crippen LogP contribution in [0, 0.1) is 6.92 Å². The Labute approximate surface area is 102 Å². The van der Waals surface area contributed by atoms with Gasteiger partial charge in [0.25, 0.3) is 5.91 Å². The summed E-state index contributed by atoms with van der Waals surface area (Å²) in [7, 11) is 0. The van der Waals surface area contributed by atoms with Crippen molar-refractivity contribution in [2.75, 3.05) is 5.32 Å². The average Bonchev–Trinajstić information content (AvgIpc) is 2.88. The quantitative estimate of drug-likeness (QED) is 0.867. The number of H-pyrrole nitrogens is 1. The fourth-order valence-electron chi connectivity index (χ4n) is 1.31. The van der Waals surface area contributed by atoms with Crippen LogP contribution < -0.4 is 5.32 Å². The van der Waals surface area contributed by atoms with E-state index in [1.54, 1.807) is 6.07 Å².